The quantitative estimate of drug-likeness (QED) is 0.696. The molecule has 0 bridgehead atoms. The van der Waals surface area contributed by atoms with Gasteiger partial charge >= 0.3 is 0 Å². The number of piperidine rings is 1. The van der Waals surface area contributed by atoms with Crippen molar-refractivity contribution in [3.63, 3.8) is 0 Å². The zero-order valence-corrected chi connectivity index (χ0v) is 9.91. The van der Waals surface area contributed by atoms with Gasteiger partial charge in [0.2, 0.25) is 0 Å². The Bertz CT molecular complexity index is 212. The molecule has 0 aromatic rings. The van der Waals surface area contributed by atoms with Gasteiger partial charge in [0, 0.05) is 19.7 Å². The SMILES string of the molecule is CCCOC1CCCN(CC(C)C#N)C1. The third kappa shape index (κ3) is 4.63. The van der Waals surface area contributed by atoms with Crippen LogP contribution in [0.4, 0.5) is 0 Å². The van der Waals surface area contributed by atoms with E-state index in [1.54, 1.807) is 0 Å². The third-order valence-electron chi connectivity index (χ3n) is 2.77. The molecule has 1 saturated heterocycles. The van der Waals surface area contributed by atoms with Crippen LogP contribution < -0.4 is 0 Å². The van der Waals surface area contributed by atoms with Crippen LogP contribution in [-0.4, -0.2) is 37.2 Å². The molecule has 0 aromatic heterocycles. The summed E-state index contributed by atoms with van der Waals surface area (Å²) in [7, 11) is 0. The monoisotopic (exact) mass is 210 g/mol. The minimum atomic E-state index is 0.134. The van der Waals surface area contributed by atoms with Crippen LogP contribution in [0.15, 0.2) is 0 Å². The topological polar surface area (TPSA) is 36.3 Å². The van der Waals surface area contributed by atoms with Gasteiger partial charge in [0.25, 0.3) is 0 Å². The molecule has 15 heavy (non-hydrogen) atoms. The normalized spacial score (nSPS) is 24.7. The first-order valence-electron chi connectivity index (χ1n) is 5.99. The summed E-state index contributed by atoms with van der Waals surface area (Å²) < 4.78 is 5.75. The van der Waals surface area contributed by atoms with Gasteiger partial charge in [-0.2, -0.15) is 5.26 Å². The highest BCUT2D eigenvalue weighted by Gasteiger charge is 2.21. The van der Waals surface area contributed by atoms with Crippen LogP contribution in [0.25, 0.3) is 0 Å². The fraction of sp³-hybridized carbons (Fsp3) is 0.917. The van der Waals surface area contributed by atoms with Crippen molar-refractivity contribution in [1.29, 1.82) is 5.26 Å². The van der Waals surface area contributed by atoms with Gasteiger partial charge in [0.1, 0.15) is 0 Å². The van der Waals surface area contributed by atoms with Crippen molar-refractivity contribution in [2.24, 2.45) is 5.92 Å². The molecule has 3 heteroatoms. The largest absolute Gasteiger partial charge is 0.377 e. The van der Waals surface area contributed by atoms with Gasteiger partial charge < -0.3 is 4.74 Å². The van der Waals surface area contributed by atoms with E-state index in [4.69, 9.17) is 10.00 Å². The van der Waals surface area contributed by atoms with E-state index in [1.807, 2.05) is 6.92 Å². The highest BCUT2D eigenvalue weighted by atomic mass is 16.5. The number of ether oxygens (including phenoxy) is 1. The molecule has 1 rings (SSSR count). The molecule has 1 heterocycles. The van der Waals surface area contributed by atoms with Crippen LogP contribution in [0.2, 0.25) is 0 Å². The highest BCUT2D eigenvalue weighted by molar-refractivity contribution is 4.83. The van der Waals surface area contributed by atoms with Gasteiger partial charge in [-0.25, -0.2) is 0 Å². The molecule has 0 saturated carbocycles. The summed E-state index contributed by atoms with van der Waals surface area (Å²) in [6, 6.07) is 2.29. The molecule has 1 aliphatic rings. The molecule has 0 N–H and O–H groups in total. The summed E-state index contributed by atoms with van der Waals surface area (Å²) in [5.74, 6) is 0.134. The maximum absolute atomic E-state index is 8.76. The van der Waals surface area contributed by atoms with E-state index in [0.717, 1.165) is 32.7 Å². The number of hydrogen-bond donors (Lipinski definition) is 0. The lowest BCUT2D eigenvalue weighted by molar-refractivity contribution is -0.00173. The maximum atomic E-state index is 8.76. The standard InChI is InChI=1S/C12H22N2O/c1-3-7-15-12-5-4-6-14(10-12)9-11(2)8-13/h11-12H,3-7,9-10H2,1-2H3. The van der Waals surface area contributed by atoms with Crippen LogP contribution in [0, 0.1) is 17.2 Å². The number of nitrogens with zero attached hydrogens (tertiary/aromatic N) is 2. The van der Waals surface area contributed by atoms with Gasteiger partial charge in [-0.3, -0.25) is 4.90 Å². The van der Waals surface area contributed by atoms with Crippen LogP contribution in [-0.2, 0) is 4.74 Å². The van der Waals surface area contributed by atoms with Crippen LogP contribution in [0.3, 0.4) is 0 Å². The summed E-state index contributed by atoms with van der Waals surface area (Å²) in [6.45, 7) is 8.01. The third-order valence-corrected chi connectivity index (χ3v) is 2.77. The van der Waals surface area contributed by atoms with E-state index in [1.165, 1.54) is 12.8 Å². The zero-order valence-electron chi connectivity index (χ0n) is 9.91. The minimum Gasteiger partial charge on any atom is -0.377 e. The van der Waals surface area contributed by atoms with E-state index in [0.29, 0.717) is 6.10 Å². The van der Waals surface area contributed by atoms with E-state index in [2.05, 4.69) is 17.9 Å². The second-order valence-corrected chi connectivity index (χ2v) is 4.42. The average Bonchev–Trinajstić information content (AvgIpc) is 2.26. The van der Waals surface area contributed by atoms with Crippen molar-refractivity contribution in [2.45, 2.75) is 39.2 Å². The molecule has 1 aliphatic heterocycles. The molecule has 0 aliphatic carbocycles. The molecule has 0 spiro atoms. The molecule has 3 nitrogen and oxygen atoms in total. The second-order valence-electron chi connectivity index (χ2n) is 4.42. The van der Waals surface area contributed by atoms with Gasteiger partial charge in [-0.1, -0.05) is 6.92 Å². The molecular weight excluding hydrogens is 188 g/mol. The Morgan fingerprint density at radius 2 is 2.40 bits per heavy atom. The predicted molar refractivity (Wildman–Crippen MR) is 60.5 cm³/mol. The first-order chi connectivity index (χ1) is 7.26. The molecule has 2 unspecified atom stereocenters. The lowest BCUT2D eigenvalue weighted by atomic mass is 10.1. The van der Waals surface area contributed by atoms with E-state index in [9.17, 15) is 0 Å². The van der Waals surface area contributed by atoms with E-state index in [-0.39, 0.29) is 5.92 Å². The van der Waals surface area contributed by atoms with Gasteiger partial charge in [-0.15, -0.1) is 0 Å². The van der Waals surface area contributed by atoms with Gasteiger partial charge in [-0.05, 0) is 32.7 Å². The van der Waals surface area contributed by atoms with Crippen molar-refractivity contribution in [1.82, 2.24) is 4.90 Å². The molecule has 1 fully saturated rings. The molecule has 0 radical (unpaired) electrons. The molecule has 0 aromatic carbocycles. The van der Waals surface area contributed by atoms with E-state index < -0.39 is 0 Å². The lowest BCUT2D eigenvalue weighted by Gasteiger charge is -2.33. The summed E-state index contributed by atoms with van der Waals surface area (Å²) >= 11 is 0. The molecular formula is C12H22N2O. The van der Waals surface area contributed by atoms with E-state index >= 15 is 0 Å². The van der Waals surface area contributed by atoms with Crippen molar-refractivity contribution in [3.05, 3.63) is 0 Å². The number of rotatable bonds is 5. The predicted octanol–water partition coefficient (Wildman–Crippen LogP) is 2.04. The average molecular weight is 210 g/mol. The summed E-state index contributed by atoms with van der Waals surface area (Å²) in [5, 5.41) is 8.76. The number of likely N-dealkylation sites (tertiary alicyclic amines) is 1. The molecule has 86 valence electrons. The zero-order chi connectivity index (χ0) is 11.1. The number of nitriles is 1. The first-order valence-corrected chi connectivity index (χ1v) is 5.99. The summed E-state index contributed by atoms with van der Waals surface area (Å²) in [5.41, 5.74) is 0. The van der Waals surface area contributed by atoms with Crippen LogP contribution >= 0.6 is 0 Å². The van der Waals surface area contributed by atoms with Gasteiger partial charge in [0.15, 0.2) is 0 Å². The summed E-state index contributed by atoms with van der Waals surface area (Å²) in [6.07, 6.45) is 3.86. The Kier molecular flexibility index (Phi) is 5.67. The van der Waals surface area contributed by atoms with Crippen molar-refractivity contribution in [2.75, 3.05) is 26.2 Å². The van der Waals surface area contributed by atoms with Crippen LogP contribution in [0.5, 0.6) is 0 Å². The maximum Gasteiger partial charge on any atom is 0.0702 e. The van der Waals surface area contributed by atoms with Crippen molar-refractivity contribution < 1.29 is 4.74 Å². The molecule has 2 atom stereocenters. The minimum absolute atomic E-state index is 0.134. The Morgan fingerprint density at radius 3 is 3.07 bits per heavy atom. The fourth-order valence-corrected chi connectivity index (χ4v) is 2.03. The fourth-order valence-electron chi connectivity index (χ4n) is 2.03. The van der Waals surface area contributed by atoms with Gasteiger partial charge in [0.05, 0.1) is 18.1 Å². The van der Waals surface area contributed by atoms with Crippen molar-refractivity contribution >= 4 is 0 Å². The Labute approximate surface area is 93.0 Å². The first kappa shape index (κ1) is 12.5. The highest BCUT2D eigenvalue weighted by Crippen LogP contribution is 2.14. The lowest BCUT2D eigenvalue weighted by Crippen LogP contribution is -2.41. The Morgan fingerprint density at radius 1 is 1.60 bits per heavy atom. The molecule has 0 amide bonds. The second kappa shape index (κ2) is 6.81. The smallest absolute Gasteiger partial charge is 0.0702 e. The Balaban J connectivity index is 2.26. The Hall–Kier alpha value is -0.590. The van der Waals surface area contributed by atoms with Crippen molar-refractivity contribution in [3.8, 4) is 6.07 Å². The summed E-state index contributed by atoms with van der Waals surface area (Å²) in [4.78, 5) is 2.36. The number of hydrogen-bond acceptors (Lipinski definition) is 3. The van der Waals surface area contributed by atoms with Crippen LogP contribution in [0.1, 0.15) is 33.1 Å².